The molecule has 2 amide bonds. The van der Waals surface area contributed by atoms with Crippen LogP contribution in [-0.2, 0) is 11.3 Å². The normalized spacial score (nSPS) is 19.4. The summed E-state index contributed by atoms with van der Waals surface area (Å²) in [6.45, 7) is 3.45. The van der Waals surface area contributed by atoms with Gasteiger partial charge in [-0.1, -0.05) is 6.92 Å². The van der Waals surface area contributed by atoms with E-state index >= 15 is 0 Å². The van der Waals surface area contributed by atoms with Crippen molar-refractivity contribution in [3.05, 3.63) is 24.0 Å². The molecule has 1 aliphatic heterocycles. The average molecular weight is 249 g/mol. The van der Waals surface area contributed by atoms with Crippen molar-refractivity contribution in [1.82, 2.24) is 15.2 Å². The van der Waals surface area contributed by atoms with E-state index in [-0.39, 0.29) is 17.9 Å². The summed E-state index contributed by atoms with van der Waals surface area (Å²) < 4.78 is 1.96. The number of hydrogen-bond donors (Lipinski definition) is 2. The lowest BCUT2D eigenvalue weighted by Gasteiger charge is -2.23. The van der Waals surface area contributed by atoms with Crippen molar-refractivity contribution in [3.63, 3.8) is 0 Å². The molecule has 98 valence electrons. The average Bonchev–Trinajstić information content (AvgIpc) is 2.81. The molecule has 1 aliphatic rings. The Hall–Kier alpha value is -1.78. The van der Waals surface area contributed by atoms with Crippen molar-refractivity contribution in [2.24, 2.45) is 0 Å². The van der Waals surface area contributed by atoms with Crippen LogP contribution in [0, 0.1) is 0 Å². The summed E-state index contributed by atoms with van der Waals surface area (Å²) in [5.74, 6) is 0.00413. The molecule has 1 saturated heterocycles. The fourth-order valence-electron chi connectivity index (χ4n) is 2.17. The van der Waals surface area contributed by atoms with Crippen molar-refractivity contribution in [2.75, 3.05) is 6.54 Å². The van der Waals surface area contributed by atoms with E-state index in [4.69, 9.17) is 0 Å². The summed E-state index contributed by atoms with van der Waals surface area (Å²) in [5, 5.41) is 5.73. The number of carbonyl (C=O) groups excluding carboxylic acids is 2. The fraction of sp³-hybridized carbons (Fsp3) is 0.538. The number of amides is 2. The van der Waals surface area contributed by atoms with Gasteiger partial charge in [-0.15, -0.1) is 0 Å². The van der Waals surface area contributed by atoms with E-state index in [1.165, 1.54) is 0 Å². The Balaban J connectivity index is 1.94. The number of nitrogens with zero attached hydrogens (tertiary/aromatic N) is 1. The van der Waals surface area contributed by atoms with E-state index in [9.17, 15) is 9.59 Å². The lowest BCUT2D eigenvalue weighted by atomic mass is 10.1. The predicted octanol–water partition coefficient (Wildman–Crippen LogP) is 0.906. The molecule has 2 rings (SSSR count). The Morgan fingerprint density at radius 3 is 3.11 bits per heavy atom. The van der Waals surface area contributed by atoms with Crippen molar-refractivity contribution < 1.29 is 9.59 Å². The zero-order valence-corrected chi connectivity index (χ0v) is 10.6. The van der Waals surface area contributed by atoms with Gasteiger partial charge in [0.15, 0.2) is 0 Å². The zero-order valence-electron chi connectivity index (χ0n) is 10.6. The third-order valence-electron chi connectivity index (χ3n) is 3.13. The van der Waals surface area contributed by atoms with Gasteiger partial charge < -0.3 is 15.2 Å². The van der Waals surface area contributed by atoms with E-state index in [0.717, 1.165) is 13.0 Å². The van der Waals surface area contributed by atoms with Gasteiger partial charge in [0.1, 0.15) is 5.69 Å². The van der Waals surface area contributed by atoms with Gasteiger partial charge in [0, 0.05) is 31.7 Å². The summed E-state index contributed by atoms with van der Waals surface area (Å²) in [4.78, 5) is 23.1. The Bertz CT molecular complexity index is 429. The molecule has 1 aromatic heterocycles. The van der Waals surface area contributed by atoms with Gasteiger partial charge in [0.25, 0.3) is 5.91 Å². The number of aryl methyl sites for hydroxylation is 1. The van der Waals surface area contributed by atoms with Crippen LogP contribution in [0.4, 0.5) is 0 Å². The van der Waals surface area contributed by atoms with Crippen molar-refractivity contribution in [2.45, 2.75) is 38.8 Å². The highest BCUT2D eigenvalue weighted by Crippen LogP contribution is 2.07. The van der Waals surface area contributed by atoms with E-state index in [1.807, 2.05) is 22.9 Å². The van der Waals surface area contributed by atoms with E-state index in [2.05, 4.69) is 17.6 Å². The highest BCUT2D eigenvalue weighted by atomic mass is 16.2. The van der Waals surface area contributed by atoms with Crippen LogP contribution in [0.3, 0.4) is 0 Å². The molecule has 0 spiro atoms. The second-order valence-corrected chi connectivity index (χ2v) is 4.60. The third-order valence-corrected chi connectivity index (χ3v) is 3.13. The molecule has 0 saturated carbocycles. The molecule has 5 nitrogen and oxygen atoms in total. The predicted molar refractivity (Wildman–Crippen MR) is 68.2 cm³/mol. The van der Waals surface area contributed by atoms with Gasteiger partial charge in [-0.2, -0.15) is 0 Å². The summed E-state index contributed by atoms with van der Waals surface area (Å²) in [6.07, 6.45) is 4.11. The molecule has 5 heteroatoms. The minimum absolute atomic E-state index is 0.0418. The summed E-state index contributed by atoms with van der Waals surface area (Å²) in [5.41, 5.74) is 0.689. The summed E-state index contributed by atoms with van der Waals surface area (Å²) in [7, 11) is 0. The Kier molecular flexibility index (Phi) is 4.02. The smallest absolute Gasteiger partial charge is 0.268 e. The molecule has 2 N–H and O–H groups in total. The van der Waals surface area contributed by atoms with Crippen molar-refractivity contribution >= 4 is 11.8 Å². The maximum Gasteiger partial charge on any atom is 0.268 e. The second-order valence-electron chi connectivity index (χ2n) is 4.60. The molecule has 18 heavy (non-hydrogen) atoms. The first-order valence-electron chi connectivity index (χ1n) is 6.43. The Morgan fingerprint density at radius 1 is 1.61 bits per heavy atom. The minimum atomic E-state index is -0.0606. The lowest BCUT2D eigenvalue weighted by molar-refractivity contribution is -0.122. The molecule has 1 unspecified atom stereocenters. The van der Waals surface area contributed by atoms with Crippen LogP contribution in [-0.4, -0.2) is 29.0 Å². The van der Waals surface area contributed by atoms with Gasteiger partial charge >= 0.3 is 0 Å². The summed E-state index contributed by atoms with van der Waals surface area (Å²) in [6, 6.07) is 3.75. The molecule has 1 aromatic rings. The Morgan fingerprint density at radius 2 is 2.44 bits per heavy atom. The zero-order chi connectivity index (χ0) is 13.0. The largest absolute Gasteiger partial charge is 0.354 e. The van der Waals surface area contributed by atoms with Crippen LogP contribution in [0.1, 0.15) is 36.7 Å². The number of carbonyl (C=O) groups is 2. The number of nitrogens with one attached hydrogen (secondary N) is 2. The van der Waals surface area contributed by atoms with E-state index in [1.54, 1.807) is 0 Å². The highest BCUT2D eigenvalue weighted by Gasteiger charge is 2.21. The highest BCUT2D eigenvalue weighted by molar-refractivity contribution is 5.93. The SMILES string of the molecule is CCCn1cccc1C(=O)NC1CCC(=O)NC1. The maximum atomic E-state index is 12.1. The molecular weight excluding hydrogens is 230 g/mol. The van der Waals surface area contributed by atoms with Gasteiger partial charge in [-0.3, -0.25) is 9.59 Å². The molecule has 0 radical (unpaired) electrons. The topological polar surface area (TPSA) is 63.1 Å². The van der Waals surface area contributed by atoms with Crippen LogP contribution >= 0.6 is 0 Å². The van der Waals surface area contributed by atoms with Crippen LogP contribution in [0.25, 0.3) is 0 Å². The first-order chi connectivity index (χ1) is 8.70. The van der Waals surface area contributed by atoms with E-state index in [0.29, 0.717) is 25.1 Å². The first kappa shape index (κ1) is 12.7. The summed E-state index contributed by atoms with van der Waals surface area (Å²) >= 11 is 0. The molecular formula is C13H19N3O2. The monoisotopic (exact) mass is 249 g/mol. The molecule has 1 atom stereocenters. The van der Waals surface area contributed by atoms with Gasteiger partial charge in [0.05, 0.1) is 0 Å². The van der Waals surface area contributed by atoms with Crippen LogP contribution in [0.2, 0.25) is 0 Å². The number of piperidine rings is 1. The second kappa shape index (κ2) is 5.71. The first-order valence-corrected chi connectivity index (χ1v) is 6.43. The molecule has 2 heterocycles. The number of hydrogen-bond acceptors (Lipinski definition) is 2. The van der Waals surface area contributed by atoms with E-state index < -0.39 is 0 Å². The quantitative estimate of drug-likeness (QED) is 0.833. The molecule has 1 fully saturated rings. The molecule has 0 aromatic carbocycles. The Labute approximate surface area is 107 Å². The minimum Gasteiger partial charge on any atom is -0.354 e. The maximum absolute atomic E-state index is 12.1. The number of rotatable bonds is 4. The van der Waals surface area contributed by atoms with Gasteiger partial charge in [0.2, 0.25) is 5.91 Å². The van der Waals surface area contributed by atoms with Crippen molar-refractivity contribution in [1.29, 1.82) is 0 Å². The lowest BCUT2D eigenvalue weighted by Crippen LogP contribution is -2.48. The fourth-order valence-corrected chi connectivity index (χ4v) is 2.17. The van der Waals surface area contributed by atoms with Gasteiger partial charge in [-0.05, 0) is 25.0 Å². The molecule has 0 bridgehead atoms. The van der Waals surface area contributed by atoms with Gasteiger partial charge in [-0.25, -0.2) is 0 Å². The van der Waals surface area contributed by atoms with Crippen LogP contribution < -0.4 is 10.6 Å². The molecule has 0 aliphatic carbocycles. The van der Waals surface area contributed by atoms with Crippen LogP contribution in [0.5, 0.6) is 0 Å². The van der Waals surface area contributed by atoms with Crippen LogP contribution in [0.15, 0.2) is 18.3 Å². The van der Waals surface area contributed by atoms with Crippen molar-refractivity contribution in [3.8, 4) is 0 Å². The third kappa shape index (κ3) is 2.91. The number of aromatic nitrogens is 1. The standard InChI is InChI=1S/C13H19N3O2/c1-2-7-16-8-3-4-11(16)13(18)15-10-5-6-12(17)14-9-10/h3-4,8,10H,2,5-7,9H2,1H3,(H,14,17)(H,15,18).